The minimum atomic E-state index is -0.330. The van der Waals surface area contributed by atoms with Crippen LogP contribution in [-0.2, 0) is 6.61 Å². The lowest BCUT2D eigenvalue weighted by atomic mass is 9.98. The Balaban J connectivity index is 1.59. The largest absolute Gasteiger partial charge is 0.484 e. The van der Waals surface area contributed by atoms with Gasteiger partial charge in [0.1, 0.15) is 11.6 Å². The summed E-state index contributed by atoms with van der Waals surface area (Å²) in [5.74, 6) is 1.54. The van der Waals surface area contributed by atoms with Crippen molar-refractivity contribution in [1.29, 1.82) is 0 Å². The van der Waals surface area contributed by atoms with Gasteiger partial charge in [-0.15, -0.1) is 10.2 Å². The van der Waals surface area contributed by atoms with Crippen molar-refractivity contribution in [2.45, 2.75) is 25.4 Å². The second kappa shape index (κ2) is 6.00. The first kappa shape index (κ1) is 13.1. The molecule has 2 heterocycles. The summed E-state index contributed by atoms with van der Waals surface area (Å²) in [4.78, 5) is 0. The number of nitrogens with one attached hydrogen (secondary N) is 1. The monoisotopic (exact) mass is 277 g/mol. The van der Waals surface area contributed by atoms with Crippen LogP contribution in [-0.4, -0.2) is 23.3 Å². The molecule has 1 aliphatic rings. The first-order chi connectivity index (χ1) is 9.81. The molecular weight excluding hydrogens is 261 g/mol. The minimum Gasteiger partial charge on any atom is -0.484 e. The van der Waals surface area contributed by atoms with Crippen LogP contribution in [0.2, 0.25) is 0 Å². The fraction of sp³-hybridized carbons (Fsp3) is 0.429. The Labute approximate surface area is 116 Å². The van der Waals surface area contributed by atoms with Crippen LogP contribution in [0.25, 0.3) is 0 Å². The van der Waals surface area contributed by atoms with Gasteiger partial charge in [0, 0.05) is 12.0 Å². The van der Waals surface area contributed by atoms with Crippen molar-refractivity contribution in [1.82, 2.24) is 15.5 Å². The smallest absolute Gasteiger partial charge is 0.253 e. The van der Waals surface area contributed by atoms with E-state index >= 15 is 0 Å². The molecule has 1 N–H and O–H groups in total. The van der Waals surface area contributed by atoms with E-state index in [4.69, 9.17) is 9.15 Å². The molecule has 0 atom stereocenters. The molecule has 1 fully saturated rings. The molecule has 1 aliphatic heterocycles. The Morgan fingerprint density at radius 3 is 2.95 bits per heavy atom. The lowest BCUT2D eigenvalue weighted by Gasteiger charge is -2.18. The lowest BCUT2D eigenvalue weighted by Crippen LogP contribution is -2.26. The normalized spacial score (nSPS) is 16.2. The standard InChI is InChI=1S/C14H16FN3O2/c15-11-2-1-3-12(8-11)19-9-13-17-18-14(20-13)10-4-6-16-7-5-10/h1-3,8,10,16H,4-7,9H2. The number of piperidine rings is 1. The quantitative estimate of drug-likeness (QED) is 0.928. The molecule has 0 spiro atoms. The van der Waals surface area contributed by atoms with Crippen molar-refractivity contribution in [2.75, 3.05) is 13.1 Å². The SMILES string of the molecule is Fc1cccc(OCc2nnc(C3CCNCC3)o2)c1. The summed E-state index contributed by atoms with van der Waals surface area (Å²) in [5, 5.41) is 11.3. The van der Waals surface area contributed by atoms with E-state index in [1.165, 1.54) is 12.1 Å². The zero-order valence-electron chi connectivity index (χ0n) is 11.0. The highest BCUT2D eigenvalue weighted by Gasteiger charge is 2.21. The van der Waals surface area contributed by atoms with Gasteiger partial charge in [0.05, 0.1) is 0 Å². The summed E-state index contributed by atoms with van der Waals surface area (Å²) in [7, 11) is 0. The molecule has 1 aromatic heterocycles. The van der Waals surface area contributed by atoms with E-state index in [9.17, 15) is 4.39 Å². The van der Waals surface area contributed by atoms with Crippen LogP contribution < -0.4 is 10.1 Å². The first-order valence-electron chi connectivity index (χ1n) is 6.72. The number of ether oxygens (including phenoxy) is 1. The highest BCUT2D eigenvalue weighted by molar-refractivity contribution is 5.22. The van der Waals surface area contributed by atoms with E-state index in [-0.39, 0.29) is 12.4 Å². The molecule has 0 bridgehead atoms. The number of nitrogens with zero attached hydrogens (tertiary/aromatic N) is 2. The van der Waals surface area contributed by atoms with Crippen molar-refractivity contribution in [3.8, 4) is 5.75 Å². The molecular formula is C14H16FN3O2. The van der Waals surface area contributed by atoms with Crippen LogP contribution in [0.5, 0.6) is 5.75 Å². The summed E-state index contributed by atoms with van der Waals surface area (Å²) in [6, 6.07) is 5.98. The van der Waals surface area contributed by atoms with Crippen LogP contribution >= 0.6 is 0 Å². The number of hydrogen-bond donors (Lipinski definition) is 1. The summed E-state index contributed by atoms with van der Waals surface area (Å²) in [6.45, 7) is 2.10. The van der Waals surface area contributed by atoms with E-state index in [1.54, 1.807) is 12.1 Å². The molecule has 0 saturated carbocycles. The van der Waals surface area contributed by atoms with Gasteiger partial charge in [0.15, 0.2) is 6.61 Å². The van der Waals surface area contributed by atoms with Crippen LogP contribution in [0.3, 0.4) is 0 Å². The van der Waals surface area contributed by atoms with Crippen LogP contribution in [0, 0.1) is 5.82 Å². The van der Waals surface area contributed by atoms with Gasteiger partial charge in [0.25, 0.3) is 5.89 Å². The molecule has 106 valence electrons. The molecule has 2 aromatic rings. The molecule has 1 aromatic carbocycles. The van der Waals surface area contributed by atoms with Crippen molar-refractivity contribution in [3.05, 3.63) is 41.9 Å². The average molecular weight is 277 g/mol. The third-order valence-corrected chi connectivity index (χ3v) is 3.33. The van der Waals surface area contributed by atoms with E-state index in [2.05, 4.69) is 15.5 Å². The average Bonchev–Trinajstić information content (AvgIpc) is 2.95. The molecule has 0 amide bonds. The Bertz CT molecular complexity index is 567. The van der Waals surface area contributed by atoms with E-state index in [0.717, 1.165) is 25.9 Å². The number of halogens is 1. The molecule has 0 unspecified atom stereocenters. The maximum absolute atomic E-state index is 13.0. The maximum atomic E-state index is 13.0. The van der Waals surface area contributed by atoms with Gasteiger partial charge in [-0.05, 0) is 38.1 Å². The molecule has 5 nitrogen and oxygen atoms in total. The first-order valence-corrected chi connectivity index (χ1v) is 6.72. The van der Waals surface area contributed by atoms with Crippen LogP contribution in [0.15, 0.2) is 28.7 Å². The van der Waals surface area contributed by atoms with E-state index in [1.807, 2.05) is 0 Å². The van der Waals surface area contributed by atoms with Crippen molar-refractivity contribution < 1.29 is 13.5 Å². The fourth-order valence-corrected chi connectivity index (χ4v) is 2.26. The summed E-state index contributed by atoms with van der Waals surface area (Å²) in [6.07, 6.45) is 2.01. The summed E-state index contributed by atoms with van der Waals surface area (Å²) >= 11 is 0. The molecule has 3 rings (SSSR count). The molecule has 0 radical (unpaired) electrons. The fourth-order valence-electron chi connectivity index (χ4n) is 2.26. The second-order valence-electron chi connectivity index (χ2n) is 4.80. The predicted octanol–water partition coefficient (Wildman–Crippen LogP) is 2.25. The van der Waals surface area contributed by atoms with Gasteiger partial charge in [-0.25, -0.2) is 4.39 Å². The minimum absolute atomic E-state index is 0.154. The Morgan fingerprint density at radius 1 is 1.30 bits per heavy atom. The summed E-state index contributed by atoms with van der Waals surface area (Å²) < 4.78 is 24.0. The zero-order valence-corrected chi connectivity index (χ0v) is 11.0. The number of benzene rings is 1. The molecule has 20 heavy (non-hydrogen) atoms. The van der Waals surface area contributed by atoms with Gasteiger partial charge in [-0.1, -0.05) is 6.07 Å². The van der Waals surface area contributed by atoms with Crippen molar-refractivity contribution in [2.24, 2.45) is 0 Å². The topological polar surface area (TPSA) is 60.2 Å². The van der Waals surface area contributed by atoms with E-state index < -0.39 is 0 Å². The zero-order chi connectivity index (χ0) is 13.8. The van der Waals surface area contributed by atoms with Gasteiger partial charge in [-0.3, -0.25) is 0 Å². The van der Waals surface area contributed by atoms with Gasteiger partial charge < -0.3 is 14.5 Å². The second-order valence-corrected chi connectivity index (χ2v) is 4.80. The Hall–Kier alpha value is -1.95. The highest BCUT2D eigenvalue weighted by atomic mass is 19.1. The molecule has 6 heteroatoms. The summed E-state index contributed by atoms with van der Waals surface area (Å²) in [5.41, 5.74) is 0. The third-order valence-electron chi connectivity index (χ3n) is 3.33. The Kier molecular flexibility index (Phi) is 3.92. The Morgan fingerprint density at radius 2 is 2.15 bits per heavy atom. The highest BCUT2D eigenvalue weighted by Crippen LogP contribution is 2.24. The van der Waals surface area contributed by atoms with Crippen LogP contribution in [0.4, 0.5) is 4.39 Å². The number of rotatable bonds is 4. The lowest BCUT2D eigenvalue weighted by molar-refractivity contribution is 0.252. The number of aromatic nitrogens is 2. The maximum Gasteiger partial charge on any atom is 0.253 e. The molecule has 1 saturated heterocycles. The van der Waals surface area contributed by atoms with Crippen molar-refractivity contribution in [3.63, 3.8) is 0 Å². The molecule has 0 aliphatic carbocycles. The van der Waals surface area contributed by atoms with Gasteiger partial charge >= 0.3 is 0 Å². The predicted molar refractivity (Wildman–Crippen MR) is 69.9 cm³/mol. The van der Waals surface area contributed by atoms with Crippen LogP contribution in [0.1, 0.15) is 30.5 Å². The third kappa shape index (κ3) is 3.14. The van der Waals surface area contributed by atoms with Gasteiger partial charge in [0.2, 0.25) is 5.89 Å². The van der Waals surface area contributed by atoms with Crippen molar-refractivity contribution >= 4 is 0 Å². The number of hydrogen-bond acceptors (Lipinski definition) is 5. The van der Waals surface area contributed by atoms with E-state index in [0.29, 0.717) is 23.4 Å². The van der Waals surface area contributed by atoms with Gasteiger partial charge in [-0.2, -0.15) is 0 Å².